The minimum Gasteiger partial charge on any atom is -0.310 e. The van der Waals surface area contributed by atoms with Crippen molar-refractivity contribution in [2.45, 2.75) is 52.0 Å². The Bertz CT molecular complexity index is 405. The van der Waals surface area contributed by atoms with Crippen LogP contribution in [0.5, 0.6) is 0 Å². The second-order valence-corrected chi connectivity index (χ2v) is 7.21. The third kappa shape index (κ3) is 3.97. The van der Waals surface area contributed by atoms with E-state index in [2.05, 4.69) is 51.2 Å². The maximum atomic E-state index is 3.55. The molecule has 17 heavy (non-hydrogen) atoms. The maximum Gasteiger partial charge on any atom is 0.0273 e. The smallest absolute Gasteiger partial charge is 0.0273 e. The molecular formula is C15H23NS. The van der Waals surface area contributed by atoms with E-state index in [1.807, 2.05) is 11.3 Å². The van der Waals surface area contributed by atoms with E-state index in [0.29, 0.717) is 0 Å². The summed E-state index contributed by atoms with van der Waals surface area (Å²) < 4.78 is 0. The van der Waals surface area contributed by atoms with Crippen molar-refractivity contribution in [3.05, 3.63) is 27.5 Å². The molecule has 0 bridgehead atoms. The molecule has 2 rings (SSSR count). The zero-order chi connectivity index (χ0) is 12.5. The average molecular weight is 249 g/mol. The van der Waals surface area contributed by atoms with Gasteiger partial charge in [0.05, 0.1) is 0 Å². The van der Waals surface area contributed by atoms with Gasteiger partial charge in [-0.3, -0.25) is 0 Å². The molecule has 0 saturated heterocycles. The van der Waals surface area contributed by atoms with Gasteiger partial charge in [0, 0.05) is 22.3 Å². The van der Waals surface area contributed by atoms with E-state index in [0.717, 1.165) is 12.6 Å². The minimum absolute atomic E-state index is 0.275. The third-order valence-corrected chi connectivity index (χ3v) is 4.46. The molecule has 2 heteroatoms. The highest BCUT2D eigenvalue weighted by Crippen LogP contribution is 2.30. The van der Waals surface area contributed by atoms with Gasteiger partial charge < -0.3 is 5.32 Å². The van der Waals surface area contributed by atoms with Gasteiger partial charge in [0.15, 0.2) is 0 Å². The quantitative estimate of drug-likeness (QED) is 0.843. The fourth-order valence-electron chi connectivity index (χ4n) is 1.72. The van der Waals surface area contributed by atoms with Gasteiger partial charge in [-0.1, -0.05) is 26.3 Å². The normalized spacial score (nSPS) is 17.5. The van der Waals surface area contributed by atoms with E-state index >= 15 is 0 Å². The van der Waals surface area contributed by atoms with Crippen molar-refractivity contribution in [3.8, 4) is 0 Å². The summed E-state index contributed by atoms with van der Waals surface area (Å²) >= 11 is 1.91. The summed E-state index contributed by atoms with van der Waals surface area (Å²) in [4.78, 5) is 2.84. The second-order valence-electron chi connectivity index (χ2n) is 6.10. The van der Waals surface area contributed by atoms with Crippen LogP contribution in [0.2, 0.25) is 0 Å². The summed E-state index contributed by atoms with van der Waals surface area (Å²) in [5, 5.41) is 3.55. The Morgan fingerprint density at radius 1 is 1.41 bits per heavy atom. The molecule has 1 aliphatic rings. The monoisotopic (exact) mass is 249 g/mol. The van der Waals surface area contributed by atoms with Gasteiger partial charge in [-0.2, -0.15) is 0 Å². The molecule has 1 aromatic heterocycles. The first-order valence-electron chi connectivity index (χ1n) is 6.46. The molecule has 1 aliphatic carbocycles. The maximum absolute atomic E-state index is 3.55. The van der Waals surface area contributed by atoms with E-state index in [1.165, 1.54) is 28.2 Å². The van der Waals surface area contributed by atoms with E-state index in [4.69, 9.17) is 0 Å². The first-order chi connectivity index (χ1) is 7.95. The number of hydrogen-bond acceptors (Lipinski definition) is 2. The Hall–Kier alpha value is -0.600. The zero-order valence-electron chi connectivity index (χ0n) is 11.3. The van der Waals surface area contributed by atoms with Crippen molar-refractivity contribution in [1.82, 2.24) is 5.32 Å². The van der Waals surface area contributed by atoms with Crippen LogP contribution in [0.15, 0.2) is 17.7 Å². The lowest BCUT2D eigenvalue weighted by Gasteiger charge is -2.15. The SMILES string of the molecule is C/C(=C/c1ccc(C(C)(C)C)s1)CNC1CC1. The summed E-state index contributed by atoms with van der Waals surface area (Å²) in [5.74, 6) is 0. The van der Waals surface area contributed by atoms with Crippen molar-refractivity contribution >= 4 is 17.4 Å². The van der Waals surface area contributed by atoms with Crippen LogP contribution in [-0.2, 0) is 5.41 Å². The van der Waals surface area contributed by atoms with Gasteiger partial charge in [-0.15, -0.1) is 11.3 Å². The molecule has 1 aromatic rings. The molecule has 1 heterocycles. The first-order valence-corrected chi connectivity index (χ1v) is 7.28. The molecule has 94 valence electrons. The van der Waals surface area contributed by atoms with Gasteiger partial charge in [0.2, 0.25) is 0 Å². The fourth-order valence-corrected chi connectivity index (χ4v) is 2.81. The zero-order valence-corrected chi connectivity index (χ0v) is 12.2. The molecule has 0 atom stereocenters. The Labute approximate surface area is 109 Å². The summed E-state index contributed by atoms with van der Waals surface area (Å²) in [6, 6.07) is 5.30. The van der Waals surface area contributed by atoms with Crippen LogP contribution < -0.4 is 5.32 Å². The molecule has 1 nitrogen and oxygen atoms in total. The Morgan fingerprint density at radius 3 is 2.65 bits per heavy atom. The molecule has 0 amide bonds. The van der Waals surface area contributed by atoms with Gasteiger partial charge >= 0.3 is 0 Å². The highest BCUT2D eigenvalue weighted by atomic mass is 32.1. The number of thiophene rings is 1. The van der Waals surface area contributed by atoms with Crippen LogP contribution >= 0.6 is 11.3 Å². The average Bonchev–Trinajstić information content (AvgIpc) is 2.93. The molecule has 0 spiro atoms. The largest absolute Gasteiger partial charge is 0.310 e. The van der Waals surface area contributed by atoms with Crippen LogP contribution in [0.3, 0.4) is 0 Å². The Kier molecular flexibility index (Phi) is 3.74. The number of nitrogens with one attached hydrogen (secondary N) is 1. The predicted molar refractivity (Wildman–Crippen MR) is 77.7 cm³/mol. The minimum atomic E-state index is 0.275. The van der Waals surface area contributed by atoms with Crippen molar-refractivity contribution in [3.63, 3.8) is 0 Å². The molecule has 0 aliphatic heterocycles. The molecule has 1 fully saturated rings. The van der Waals surface area contributed by atoms with Crippen LogP contribution in [0, 0.1) is 0 Å². The lowest BCUT2D eigenvalue weighted by Crippen LogP contribution is -2.18. The lowest BCUT2D eigenvalue weighted by molar-refractivity contribution is 0.604. The highest BCUT2D eigenvalue weighted by Gasteiger charge is 2.20. The highest BCUT2D eigenvalue weighted by molar-refractivity contribution is 7.13. The van der Waals surface area contributed by atoms with E-state index in [-0.39, 0.29) is 5.41 Å². The standard InChI is InChI=1S/C15H23NS/c1-11(10-16-12-5-6-12)9-13-7-8-14(17-13)15(2,3)4/h7-9,12,16H,5-6,10H2,1-4H3/b11-9-. The number of hydrogen-bond donors (Lipinski definition) is 1. The van der Waals surface area contributed by atoms with E-state index in [9.17, 15) is 0 Å². The topological polar surface area (TPSA) is 12.0 Å². The Morgan fingerprint density at radius 2 is 2.12 bits per heavy atom. The van der Waals surface area contributed by atoms with Crippen molar-refractivity contribution in [1.29, 1.82) is 0 Å². The Balaban J connectivity index is 1.96. The molecule has 0 unspecified atom stereocenters. The van der Waals surface area contributed by atoms with Crippen LogP contribution in [0.1, 0.15) is 50.3 Å². The molecule has 0 radical (unpaired) electrons. The predicted octanol–water partition coefficient (Wildman–Crippen LogP) is 4.20. The third-order valence-electron chi connectivity index (χ3n) is 3.00. The lowest BCUT2D eigenvalue weighted by atomic mass is 9.95. The summed E-state index contributed by atoms with van der Waals surface area (Å²) in [5.41, 5.74) is 1.70. The summed E-state index contributed by atoms with van der Waals surface area (Å²) in [6.45, 7) is 10.1. The van der Waals surface area contributed by atoms with Crippen molar-refractivity contribution in [2.24, 2.45) is 0 Å². The van der Waals surface area contributed by atoms with Gasteiger partial charge in [0.1, 0.15) is 0 Å². The molecule has 0 aromatic carbocycles. The van der Waals surface area contributed by atoms with Crippen molar-refractivity contribution in [2.75, 3.05) is 6.54 Å². The van der Waals surface area contributed by atoms with E-state index < -0.39 is 0 Å². The van der Waals surface area contributed by atoms with E-state index in [1.54, 1.807) is 0 Å². The van der Waals surface area contributed by atoms with Gasteiger partial charge in [-0.05, 0) is 43.4 Å². The summed E-state index contributed by atoms with van der Waals surface area (Å²) in [6.07, 6.45) is 5.04. The van der Waals surface area contributed by atoms with Crippen LogP contribution in [0.25, 0.3) is 6.08 Å². The molecular weight excluding hydrogens is 226 g/mol. The van der Waals surface area contributed by atoms with Gasteiger partial charge in [-0.25, -0.2) is 0 Å². The molecule has 1 saturated carbocycles. The van der Waals surface area contributed by atoms with Crippen molar-refractivity contribution < 1.29 is 0 Å². The first kappa shape index (κ1) is 12.8. The number of rotatable bonds is 4. The molecule has 1 N–H and O–H groups in total. The summed E-state index contributed by atoms with van der Waals surface area (Å²) in [7, 11) is 0. The second kappa shape index (κ2) is 4.95. The van der Waals surface area contributed by atoms with Gasteiger partial charge in [0.25, 0.3) is 0 Å². The van der Waals surface area contributed by atoms with Crippen LogP contribution in [-0.4, -0.2) is 12.6 Å². The fraction of sp³-hybridized carbons (Fsp3) is 0.600. The van der Waals surface area contributed by atoms with Crippen LogP contribution in [0.4, 0.5) is 0 Å².